The summed E-state index contributed by atoms with van der Waals surface area (Å²) in [5, 5.41) is 10.4. The lowest BCUT2D eigenvalue weighted by molar-refractivity contribution is -0.146. The van der Waals surface area contributed by atoms with Crippen molar-refractivity contribution < 1.29 is 19.4 Å². The van der Waals surface area contributed by atoms with Crippen LogP contribution in [0, 0.1) is 27.7 Å². The number of aliphatic hydroxyl groups excluding tert-OH is 1. The van der Waals surface area contributed by atoms with Crippen molar-refractivity contribution in [3.8, 4) is 0 Å². The highest BCUT2D eigenvalue weighted by Crippen LogP contribution is 2.29. The third kappa shape index (κ3) is 6.44. The zero-order chi connectivity index (χ0) is 21.6. The van der Waals surface area contributed by atoms with Gasteiger partial charge >= 0.3 is 5.97 Å². The first-order valence-electron chi connectivity index (χ1n) is 9.78. The molecule has 2 rings (SSSR count). The second kappa shape index (κ2) is 10.6. The number of esters is 1. The van der Waals surface area contributed by atoms with E-state index in [9.17, 15) is 14.7 Å². The normalized spacial score (nSPS) is 13.0. The molecule has 0 aliphatic heterocycles. The van der Waals surface area contributed by atoms with Crippen molar-refractivity contribution in [2.45, 2.75) is 57.5 Å². The number of rotatable bonds is 9. The fraction of sp³-hybridized carbons (Fsp3) is 0.417. The standard InChI is InChI=1S/C24H30O4S/c1-15-6-8-20(9-7-15)29-11-10-19(25)14-21(26)23(24(27)28-5)22-17(3)12-16(2)13-18(22)4/h6-9,12-13,19,23,25H,10-11,14H2,1-5H3. The van der Waals surface area contributed by atoms with Crippen molar-refractivity contribution in [2.75, 3.05) is 12.9 Å². The van der Waals surface area contributed by atoms with Crippen molar-refractivity contribution in [3.05, 3.63) is 64.2 Å². The Balaban J connectivity index is 2.04. The average molecular weight is 415 g/mol. The van der Waals surface area contributed by atoms with Crippen LogP contribution in [0.5, 0.6) is 0 Å². The minimum Gasteiger partial charge on any atom is -0.468 e. The van der Waals surface area contributed by atoms with E-state index in [-0.39, 0.29) is 12.2 Å². The molecular formula is C24H30O4S. The van der Waals surface area contributed by atoms with Gasteiger partial charge in [0.2, 0.25) is 0 Å². The number of benzene rings is 2. The highest BCUT2D eigenvalue weighted by atomic mass is 32.2. The molecule has 0 fully saturated rings. The van der Waals surface area contributed by atoms with E-state index < -0.39 is 18.0 Å². The van der Waals surface area contributed by atoms with E-state index in [1.54, 1.807) is 11.8 Å². The highest BCUT2D eigenvalue weighted by Gasteiger charge is 2.33. The second-order valence-electron chi connectivity index (χ2n) is 7.54. The summed E-state index contributed by atoms with van der Waals surface area (Å²) in [6.45, 7) is 7.81. The molecule has 0 aliphatic rings. The molecule has 1 N–H and O–H groups in total. The fourth-order valence-corrected chi connectivity index (χ4v) is 4.53. The molecule has 0 aromatic heterocycles. The number of ketones is 1. The predicted molar refractivity (Wildman–Crippen MR) is 118 cm³/mol. The topological polar surface area (TPSA) is 63.6 Å². The molecule has 156 valence electrons. The third-order valence-corrected chi connectivity index (χ3v) is 6.01. The molecule has 0 saturated carbocycles. The molecule has 5 heteroatoms. The van der Waals surface area contributed by atoms with E-state index in [4.69, 9.17) is 4.74 Å². The van der Waals surface area contributed by atoms with Crippen molar-refractivity contribution in [2.24, 2.45) is 0 Å². The molecule has 0 aliphatic carbocycles. The molecule has 2 aromatic rings. The lowest BCUT2D eigenvalue weighted by Crippen LogP contribution is -2.28. The zero-order valence-electron chi connectivity index (χ0n) is 17.8. The lowest BCUT2D eigenvalue weighted by atomic mass is 9.85. The first-order valence-corrected chi connectivity index (χ1v) is 10.8. The van der Waals surface area contributed by atoms with Gasteiger partial charge in [-0.25, -0.2) is 0 Å². The number of hydrogen-bond acceptors (Lipinski definition) is 5. The number of Topliss-reactive ketones (excluding diaryl/α,β-unsaturated/α-hetero) is 1. The van der Waals surface area contributed by atoms with E-state index in [0.717, 1.165) is 21.6 Å². The number of hydrogen-bond donors (Lipinski definition) is 1. The Morgan fingerprint density at radius 2 is 1.59 bits per heavy atom. The predicted octanol–water partition coefficient (Wildman–Crippen LogP) is 4.68. The largest absolute Gasteiger partial charge is 0.468 e. The molecule has 4 nitrogen and oxygen atoms in total. The van der Waals surface area contributed by atoms with Crippen LogP contribution in [0.2, 0.25) is 0 Å². The van der Waals surface area contributed by atoms with Crippen LogP contribution in [0.25, 0.3) is 0 Å². The maximum Gasteiger partial charge on any atom is 0.320 e. The number of ether oxygens (including phenoxy) is 1. The number of carbonyl (C=O) groups is 2. The number of aliphatic hydroxyl groups is 1. The SMILES string of the molecule is COC(=O)C(C(=O)CC(O)CCSc1ccc(C)cc1)c1c(C)cc(C)cc1C. The van der Waals surface area contributed by atoms with Gasteiger partial charge < -0.3 is 9.84 Å². The minimum atomic E-state index is -1.000. The third-order valence-electron chi connectivity index (χ3n) is 4.96. The quantitative estimate of drug-likeness (QED) is 0.367. The maximum absolute atomic E-state index is 12.9. The highest BCUT2D eigenvalue weighted by molar-refractivity contribution is 7.99. The van der Waals surface area contributed by atoms with Gasteiger partial charge in [0.25, 0.3) is 0 Å². The summed E-state index contributed by atoms with van der Waals surface area (Å²) in [4.78, 5) is 26.5. The molecule has 2 aromatic carbocycles. The van der Waals surface area contributed by atoms with Gasteiger partial charge in [0, 0.05) is 17.1 Å². The summed E-state index contributed by atoms with van der Waals surface area (Å²) in [6, 6.07) is 12.1. The lowest BCUT2D eigenvalue weighted by Gasteiger charge is -2.20. The van der Waals surface area contributed by atoms with Crippen molar-refractivity contribution in [1.82, 2.24) is 0 Å². The minimum absolute atomic E-state index is 0.0685. The van der Waals surface area contributed by atoms with Crippen LogP contribution in [-0.4, -0.2) is 35.8 Å². The molecule has 29 heavy (non-hydrogen) atoms. The van der Waals surface area contributed by atoms with E-state index in [2.05, 4.69) is 12.1 Å². The Kier molecular flexibility index (Phi) is 8.47. The Morgan fingerprint density at radius 3 is 2.14 bits per heavy atom. The van der Waals surface area contributed by atoms with Crippen molar-refractivity contribution >= 4 is 23.5 Å². The van der Waals surface area contributed by atoms with Gasteiger partial charge in [0.15, 0.2) is 5.78 Å². The van der Waals surface area contributed by atoms with Gasteiger partial charge in [-0.2, -0.15) is 0 Å². The van der Waals surface area contributed by atoms with Crippen LogP contribution in [0.1, 0.15) is 46.6 Å². The summed E-state index contributed by atoms with van der Waals surface area (Å²) in [5.41, 5.74) is 4.74. The monoisotopic (exact) mass is 414 g/mol. The van der Waals surface area contributed by atoms with Crippen LogP contribution in [-0.2, 0) is 14.3 Å². The molecular weight excluding hydrogens is 384 g/mol. The van der Waals surface area contributed by atoms with Crippen molar-refractivity contribution in [3.63, 3.8) is 0 Å². The van der Waals surface area contributed by atoms with Crippen LogP contribution in [0.4, 0.5) is 0 Å². The van der Waals surface area contributed by atoms with E-state index in [0.29, 0.717) is 17.7 Å². The van der Waals surface area contributed by atoms with E-state index in [1.165, 1.54) is 12.7 Å². The first kappa shape index (κ1) is 23.2. The summed E-state index contributed by atoms with van der Waals surface area (Å²) in [5.74, 6) is -1.19. The zero-order valence-corrected chi connectivity index (χ0v) is 18.6. The molecule has 0 spiro atoms. The molecule has 2 atom stereocenters. The van der Waals surface area contributed by atoms with Crippen LogP contribution >= 0.6 is 11.8 Å². The first-order chi connectivity index (χ1) is 13.7. The van der Waals surface area contributed by atoms with Gasteiger partial charge in [0.1, 0.15) is 5.92 Å². The molecule has 2 unspecified atom stereocenters. The van der Waals surface area contributed by atoms with E-state index >= 15 is 0 Å². The maximum atomic E-state index is 12.9. The number of methoxy groups -OCH3 is 1. The Hall–Kier alpha value is -2.11. The second-order valence-corrected chi connectivity index (χ2v) is 8.71. The smallest absolute Gasteiger partial charge is 0.320 e. The summed E-state index contributed by atoms with van der Waals surface area (Å²) in [6.07, 6.45) is -0.385. The van der Waals surface area contributed by atoms with Gasteiger partial charge in [-0.1, -0.05) is 35.4 Å². The Bertz CT molecular complexity index is 835. The molecule has 0 amide bonds. The summed E-state index contributed by atoms with van der Waals surface area (Å²) < 4.78 is 4.91. The van der Waals surface area contributed by atoms with Gasteiger partial charge in [-0.15, -0.1) is 11.8 Å². The number of thioether (sulfide) groups is 1. The van der Waals surface area contributed by atoms with Gasteiger partial charge in [0.05, 0.1) is 13.2 Å². The molecule has 0 heterocycles. The number of aryl methyl sites for hydroxylation is 4. The summed E-state index contributed by atoms with van der Waals surface area (Å²) in [7, 11) is 1.29. The van der Waals surface area contributed by atoms with Gasteiger partial charge in [-0.3, -0.25) is 9.59 Å². The molecule has 0 saturated heterocycles. The number of carbonyl (C=O) groups excluding carboxylic acids is 2. The van der Waals surface area contributed by atoms with Crippen molar-refractivity contribution in [1.29, 1.82) is 0 Å². The molecule has 0 radical (unpaired) electrons. The van der Waals surface area contributed by atoms with Gasteiger partial charge in [-0.05, 0) is 62.9 Å². The molecule has 0 bridgehead atoms. The average Bonchev–Trinajstić information content (AvgIpc) is 2.65. The Morgan fingerprint density at radius 1 is 1.00 bits per heavy atom. The summed E-state index contributed by atoms with van der Waals surface area (Å²) >= 11 is 1.64. The van der Waals surface area contributed by atoms with E-state index in [1.807, 2.05) is 52.0 Å². The van der Waals surface area contributed by atoms with Crippen LogP contribution in [0.3, 0.4) is 0 Å². The van der Waals surface area contributed by atoms with Crippen LogP contribution < -0.4 is 0 Å². The Labute approximate surface area is 177 Å². The fourth-order valence-electron chi connectivity index (χ4n) is 3.57. The van der Waals surface area contributed by atoms with Crippen LogP contribution in [0.15, 0.2) is 41.3 Å².